The molecule has 2 aromatic carbocycles. The molecule has 0 aromatic heterocycles. The van der Waals surface area contributed by atoms with E-state index in [9.17, 15) is 22.0 Å². The van der Waals surface area contributed by atoms with Gasteiger partial charge >= 0.3 is 0 Å². The van der Waals surface area contributed by atoms with Crippen LogP contribution in [0.5, 0.6) is 0 Å². The largest absolute Gasteiger partial charge is 0.369 e. The Labute approximate surface area is 131 Å². The quantitative estimate of drug-likeness (QED) is 0.926. The van der Waals surface area contributed by atoms with Gasteiger partial charge in [-0.25, -0.2) is 17.2 Å². The number of nitrogens with zero attached hydrogens (tertiary/aromatic N) is 1. The van der Waals surface area contributed by atoms with Crippen molar-refractivity contribution >= 4 is 21.6 Å². The zero-order chi connectivity index (χ0) is 16.8. The highest BCUT2D eigenvalue weighted by atomic mass is 32.2. The lowest BCUT2D eigenvalue weighted by atomic mass is 10.0. The van der Waals surface area contributed by atoms with Crippen molar-refractivity contribution in [1.82, 2.24) is 0 Å². The molecule has 3 rings (SSSR count). The number of primary amides is 1. The molecular formula is C15H12F2N2O3S. The van der Waals surface area contributed by atoms with E-state index in [0.717, 1.165) is 16.4 Å². The van der Waals surface area contributed by atoms with Crippen LogP contribution in [0.1, 0.15) is 11.5 Å². The molecular weight excluding hydrogens is 326 g/mol. The van der Waals surface area contributed by atoms with Crippen LogP contribution in [0.4, 0.5) is 14.5 Å². The monoisotopic (exact) mass is 338 g/mol. The Morgan fingerprint density at radius 1 is 1.17 bits per heavy atom. The summed E-state index contributed by atoms with van der Waals surface area (Å²) in [4.78, 5) is 10.9. The number of para-hydroxylation sites is 1. The van der Waals surface area contributed by atoms with Crippen LogP contribution in [0.25, 0.3) is 0 Å². The van der Waals surface area contributed by atoms with Gasteiger partial charge in [-0.05, 0) is 23.8 Å². The van der Waals surface area contributed by atoms with Crippen LogP contribution >= 0.6 is 0 Å². The molecule has 1 atom stereocenters. The van der Waals surface area contributed by atoms with Gasteiger partial charge < -0.3 is 5.73 Å². The molecule has 0 unspecified atom stereocenters. The smallest absolute Gasteiger partial charge is 0.267 e. The molecule has 1 aliphatic heterocycles. The van der Waals surface area contributed by atoms with Crippen molar-refractivity contribution in [2.24, 2.45) is 5.73 Å². The first-order valence-corrected chi connectivity index (χ1v) is 8.12. The van der Waals surface area contributed by atoms with E-state index in [4.69, 9.17) is 5.73 Å². The van der Waals surface area contributed by atoms with Gasteiger partial charge in [0.1, 0.15) is 16.5 Å². The summed E-state index contributed by atoms with van der Waals surface area (Å²) < 4.78 is 53.2. The number of hydrogen-bond donors (Lipinski definition) is 1. The minimum Gasteiger partial charge on any atom is -0.369 e. The molecule has 2 aromatic rings. The molecule has 1 amide bonds. The highest BCUT2D eigenvalue weighted by molar-refractivity contribution is 7.92. The van der Waals surface area contributed by atoms with Crippen molar-refractivity contribution in [2.45, 2.75) is 10.8 Å². The summed E-state index contributed by atoms with van der Waals surface area (Å²) in [5.41, 5.74) is 6.05. The first-order chi connectivity index (χ1) is 10.8. The van der Waals surface area contributed by atoms with E-state index in [0.29, 0.717) is 11.6 Å². The number of nitrogens with two attached hydrogens (primary N) is 1. The minimum atomic E-state index is -4.28. The number of fused-ring (bicyclic) bond motifs is 1. The van der Waals surface area contributed by atoms with E-state index >= 15 is 0 Å². The number of rotatable bonds is 3. The van der Waals surface area contributed by atoms with Gasteiger partial charge in [-0.1, -0.05) is 18.2 Å². The Kier molecular flexibility index (Phi) is 3.56. The number of benzene rings is 2. The van der Waals surface area contributed by atoms with Crippen LogP contribution < -0.4 is 10.0 Å². The van der Waals surface area contributed by atoms with Crippen molar-refractivity contribution < 1.29 is 22.0 Å². The van der Waals surface area contributed by atoms with Gasteiger partial charge in [0, 0.05) is 6.07 Å². The molecule has 5 nitrogen and oxygen atoms in total. The number of carbonyl (C=O) groups excluding carboxylic acids is 1. The number of hydrogen-bond acceptors (Lipinski definition) is 3. The Hall–Kier alpha value is -2.48. The van der Waals surface area contributed by atoms with Gasteiger partial charge in [-0.15, -0.1) is 0 Å². The third-order valence-electron chi connectivity index (χ3n) is 3.73. The van der Waals surface area contributed by atoms with Gasteiger partial charge in [0.05, 0.1) is 18.2 Å². The van der Waals surface area contributed by atoms with Crippen molar-refractivity contribution in [2.75, 3.05) is 10.8 Å². The second kappa shape index (κ2) is 5.31. The molecule has 2 N–H and O–H groups in total. The lowest BCUT2D eigenvalue weighted by Gasteiger charge is -2.20. The topological polar surface area (TPSA) is 80.5 Å². The summed E-state index contributed by atoms with van der Waals surface area (Å²) in [6.45, 7) is -0.214. The predicted molar refractivity (Wildman–Crippen MR) is 79.3 cm³/mol. The summed E-state index contributed by atoms with van der Waals surface area (Å²) >= 11 is 0. The highest BCUT2D eigenvalue weighted by Gasteiger charge is 2.39. The fraction of sp³-hybridized carbons (Fsp3) is 0.133. The van der Waals surface area contributed by atoms with E-state index < -0.39 is 38.4 Å². The molecule has 0 bridgehead atoms. The summed E-state index contributed by atoms with van der Waals surface area (Å²) in [6.07, 6.45) is 0. The molecule has 8 heteroatoms. The molecule has 1 aliphatic rings. The number of carbonyl (C=O) groups is 1. The fourth-order valence-corrected chi connectivity index (χ4v) is 4.20. The number of anilines is 1. The van der Waals surface area contributed by atoms with Gasteiger partial charge in [-0.2, -0.15) is 0 Å². The average molecular weight is 338 g/mol. The van der Waals surface area contributed by atoms with Crippen LogP contribution in [0.15, 0.2) is 47.4 Å². The molecule has 0 saturated heterocycles. The first kappa shape index (κ1) is 15.4. The molecule has 0 fully saturated rings. The van der Waals surface area contributed by atoms with E-state index in [2.05, 4.69) is 0 Å². The van der Waals surface area contributed by atoms with Gasteiger partial charge in [-0.3, -0.25) is 9.10 Å². The first-order valence-electron chi connectivity index (χ1n) is 6.68. The summed E-state index contributed by atoms with van der Waals surface area (Å²) in [5, 5.41) is 0. The van der Waals surface area contributed by atoms with Gasteiger partial charge in [0.25, 0.3) is 10.0 Å². The van der Waals surface area contributed by atoms with E-state index in [-0.39, 0.29) is 12.2 Å². The standard InChI is InChI=1S/C15H12F2N2O3S/c16-9-5-6-14(12(17)7-9)23(21,22)19-8-11(15(18)20)10-3-1-2-4-13(10)19/h1-7,11H,8H2,(H2,18,20)/t11-/m0/s1. The number of sulfonamides is 1. The van der Waals surface area contributed by atoms with Crippen molar-refractivity contribution in [3.8, 4) is 0 Å². The second-order valence-corrected chi connectivity index (χ2v) is 6.96. The maximum Gasteiger partial charge on any atom is 0.267 e. The van der Waals surface area contributed by atoms with E-state index in [1.54, 1.807) is 18.2 Å². The van der Waals surface area contributed by atoms with Crippen molar-refractivity contribution in [3.05, 3.63) is 59.7 Å². The summed E-state index contributed by atoms with van der Waals surface area (Å²) in [5.74, 6) is -3.55. The van der Waals surface area contributed by atoms with Crippen LogP contribution in [-0.4, -0.2) is 20.9 Å². The summed E-state index contributed by atoms with van der Waals surface area (Å²) in [7, 11) is -4.28. The molecule has 0 spiro atoms. The molecule has 0 aliphatic carbocycles. The third kappa shape index (κ3) is 2.44. The van der Waals surface area contributed by atoms with Crippen molar-refractivity contribution in [3.63, 3.8) is 0 Å². The van der Waals surface area contributed by atoms with E-state index in [1.807, 2.05) is 0 Å². The van der Waals surface area contributed by atoms with Crippen LogP contribution in [-0.2, 0) is 14.8 Å². The molecule has 120 valence electrons. The average Bonchev–Trinajstić information content (AvgIpc) is 2.87. The Bertz CT molecular complexity index is 899. The molecule has 0 saturated carbocycles. The number of halogens is 2. The maximum atomic E-state index is 13.9. The third-order valence-corrected chi connectivity index (χ3v) is 5.55. The van der Waals surface area contributed by atoms with Gasteiger partial charge in [0.15, 0.2) is 0 Å². The van der Waals surface area contributed by atoms with Crippen LogP contribution in [0, 0.1) is 11.6 Å². The molecule has 0 radical (unpaired) electrons. The van der Waals surface area contributed by atoms with E-state index in [1.165, 1.54) is 6.07 Å². The Morgan fingerprint density at radius 3 is 2.52 bits per heavy atom. The molecule has 1 heterocycles. The highest BCUT2D eigenvalue weighted by Crippen LogP contribution is 2.39. The van der Waals surface area contributed by atoms with Crippen LogP contribution in [0.2, 0.25) is 0 Å². The zero-order valence-corrected chi connectivity index (χ0v) is 12.6. The molecule has 23 heavy (non-hydrogen) atoms. The summed E-state index contributed by atoms with van der Waals surface area (Å²) in [6, 6.07) is 8.60. The zero-order valence-electron chi connectivity index (χ0n) is 11.7. The minimum absolute atomic E-state index is 0.214. The van der Waals surface area contributed by atoms with Crippen LogP contribution in [0.3, 0.4) is 0 Å². The Morgan fingerprint density at radius 2 is 1.87 bits per heavy atom. The number of amides is 1. The predicted octanol–water partition coefficient (Wildman–Crippen LogP) is 1.74. The van der Waals surface area contributed by atoms with Crippen molar-refractivity contribution in [1.29, 1.82) is 0 Å². The second-order valence-electron chi connectivity index (χ2n) is 5.12. The SMILES string of the molecule is NC(=O)[C@H]1CN(S(=O)(=O)c2ccc(F)cc2F)c2ccccc21. The maximum absolute atomic E-state index is 13.9. The Balaban J connectivity index is 2.13. The van der Waals surface area contributed by atoms with Gasteiger partial charge in [0.2, 0.25) is 5.91 Å². The lowest BCUT2D eigenvalue weighted by Crippen LogP contribution is -2.33. The lowest BCUT2D eigenvalue weighted by molar-refractivity contribution is -0.119. The fourth-order valence-electron chi connectivity index (χ4n) is 2.65. The normalized spacial score (nSPS) is 17.1.